The largest absolute Gasteiger partial charge is 0.314 e. The Bertz CT molecular complexity index is 328. The topological polar surface area (TPSA) is 34.0 Å². The van der Waals surface area contributed by atoms with Gasteiger partial charge in [-0.05, 0) is 40.5 Å². The van der Waals surface area contributed by atoms with Crippen molar-refractivity contribution in [3.8, 4) is 0 Å². The maximum atomic E-state index is 3.91. The second kappa shape index (κ2) is 3.84. The van der Waals surface area contributed by atoms with Gasteiger partial charge in [0.25, 0.3) is 0 Å². The summed E-state index contributed by atoms with van der Waals surface area (Å²) < 4.78 is 2.16. The predicted molar refractivity (Wildman–Crippen MR) is 64.2 cm³/mol. The maximum absolute atomic E-state index is 3.91. The van der Waals surface area contributed by atoms with Crippen LogP contribution in [-0.2, 0) is 5.54 Å². The molecule has 0 unspecified atom stereocenters. The molecule has 16 heavy (non-hydrogen) atoms. The van der Waals surface area contributed by atoms with E-state index in [0.717, 1.165) is 13.1 Å². The fraction of sp³-hybridized carbons (Fsp3) is 0.833. The van der Waals surface area contributed by atoms with Crippen molar-refractivity contribution in [3.05, 3.63) is 12.7 Å². The normalized spacial score (nSPS) is 22.2. The van der Waals surface area contributed by atoms with E-state index in [2.05, 4.69) is 47.4 Å². The van der Waals surface area contributed by atoms with E-state index in [4.69, 9.17) is 0 Å². The van der Waals surface area contributed by atoms with E-state index in [1.165, 1.54) is 12.8 Å². The van der Waals surface area contributed by atoms with E-state index in [0.29, 0.717) is 0 Å². The number of aromatic nitrogens is 3. The molecule has 0 spiro atoms. The Morgan fingerprint density at radius 1 is 1.06 bits per heavy atom. The van der Waals surface area contributed by atoms with Crippen LogP contribution < -0.4 is 0 Å². The molecule has 2 rings (SSSR count). The second-order valence-corrected chi connectivity index (χ2v) is 6.02. The highest BCUT2D eigenvalue weighted by Gasteiger charge is 2.34. The fourth-order valence-corrected chi connectivity index (χ4v) is 2.40. The smallest absolute Gasteiger partial charge is 0.119 e. The summed E-state index contributed by atoms with van der Waals surface area (Å²) in [6, 6.07) is 0. The summed E-state index contributed by atoms with van der Waals surface area (Å²) in [6.45, 7) is 11.5. The van der Waals surface area contributed by atoms with Crippen LogP contribution in [0.3, 0.4) is 0 Å². The van der Waals surface area contributed by atoms with Crippen LogP contribution in [0.2, 0.25) is 0 Å². The monoisotopic (exact) mass is 222 g/mol. The van der Waals surface area contributed by atoms with E-state index >= 15 is 0 Å². The average Bonchev–Trinajstić information content (AvgIpc) is 2.70. The number of piperidine rings is 1. The molecule has 1 aromatic rings. The maximum Gasteiger partial charge on any atom is 0.119 e. The summed E-state index contributed by atoms with van der Waals surface area (Å²) in [6.07, 6.45) is 6.02. The summed E-state index contributed by atoms with van der Waals surface area (Å²) in [5.74, 6) is 0. The van der Waals surface area contributed by atoms with Gasteiger partial charge in [0.15, 0.2) is 0 Å². The molecular formula is C12H22N4. The third-order valence-corrected chi connectivity index (χ3v) is 3.83. The van der Waals surface area contributed by atoms with Crippen LogP contribution in [0.4, 0.5) is 0 Å². The molecule has 0 N–H and O–H groups in total. The third kappa shape index (κ3) is 2.12. The van der Waals surface area contributed by atoms with E-state index in [1.54, 1.807) is 0 Å². The molecule has 4 heteroatoms. The number of likely N-dealkylation sites (tertiary alicyclic amines) is 1. The molecule has 0 saturated carbocycles. The number of hydrogen-bond acceptors (Lipinski definition) is 3. The zero-order valence-electron chi connectivity index (χ0n) is 10.8. The SMILES string of the molecule is CC(C)(C)N1CCC(C)(n2cnnc2)CC1. The lowest BCUT2D eigenvalue weighted by Crippen LogP contribution is -2.51. The van der Waals surface area contributed by atoms with Crippen LogP contribution in [-0.4, -0.2) is 38.3 Å². The Kier molecular flexibility index (Phi) is 2.78. The molecule has 0 bridgehead atoms. The van der Waals surface area contributed by atoms with Gasteiger partial charge in [-0.15, -0.1) is 10.2 Å². The van der Waals surface area contributed by atoms with Gasteiger partial charge in [0.1, 0.15) is 12.7 Å². The molecule has 0 atom stereocenters. The Labute approximate surface area is 97.7 Å². The highest BCUT2D eigenvalue weighted by atomic mass is 15.3. The van der Waals surface area contributed by atoms with Crippen LogP contribution in [0, 0.1) is 0 Å². The summed E-state index contributed by atoms with van der Waals surface area (Å²) in [7, 11) is 0. The lowest BCUT2D eigenvalue weighted by Gasteiger charge is -2.45. The number of rotatable bonds is 1. The van der Waals surface area contributed by atoms with Crippen molar-refractivity contribution >= 4 is 0 Å². The number of nitrogens with zero attached hydrogens (tertiary/aromatic N) is 4. The standard InChI is InChI=1S/C12H22N4/c1-11(2,3)15-7-5-12(4,6-8-15)16-9-13-14-10-16/h9-10H,5-8H2,1-4H3. The zero-order valence-corrected chi connectivity index (χ0v) is 10.8. The highest BCUT2D eigenvalue weighted by molar-refractivity contribution is 4.92. The summed E-state index contributed by atoms with van der Waals surface area (Å²) in [5, 5.41) is 7.82. The van der Waals surface area contributed by atoms with E-state index < -0.39 is 0 Å². The van der Waals surface area contributed by atoms with Crippen molar-refractivity contribution in [2.45, 2.75) is 51.6 Å². The summed E-state index contributed by atoms with van der Waals surface area (Å²) in [4.78, 5) is 2.55. The van der Waals surface area contributed by atoms with Crippen molar-refractivity contribution in [1.82, 2.24) is 19.7 Å². The first-order valence-electron chi connectivity index (χ1n) is 6.02. The van der Waals surface area contributed by atoms with E-state index in [1.807, 2.05) is 12.7 Å². The molecule has 0 amide bonds. The van der Waals surface area contributed by atoms with Gasteiger partial charge in [-0.25, -0.2) is 0 Å². The summed E-state index contributed by atoms with van der Waals surface area (Å²) >= 11 is 0. The third-order valence-electron chi connectivity index (χ3n) is 3.83. The Morgan fingerprint density at radius 2 is 1.56 bits per heavy atom. The lowest BCUT2D eigenvalue weighted by atomic mass is 9.87. The predicted octanol–water partition coefficient (Wildman–Crippen LogP) is 1.89. The molecule has 1 saturated heterocycles. The average molecular weight is 222 g/mol. The molecule has 1 fully saturated rings. The van der Waals surface area contributed by atoms with Crippen molar-refractivity contribution in [1.29, 1.82) is 0 Å². The first kappa shape index (κ1) is 11.6. The second-order valence-electron chi connectivity index (χ2n) is 6.02. The van der Waals surface area contributed by atoms with Gasteiger partial charge in [0, 0.05) is 24.2 Å². The zero-order chi connectivity index (χ0) is 11.8. The minimum Gasteiger partial charge on any atom is -0.314 e. The molecule has 0 aliphatic carbocycles. The van der Waals surface area contributed by atoms with Gasteiger partial charge in [0.05, 0.1) is 0 Å². The van der Waals surface area contributed by atoms with Crippen molar-refractivity contribution in [2.75, 3.05) is 13.1 Å². The van der Waals surface area contributed by atoms with Crippen LogP contribution in [0.25, 0.3) is 0 Å². The quantitative estimate of drug-likeness (QED) is 0.727. The molecule has 0 aromatic carbocycles. The molecule has 90 valence electrons. The molecule has 4 nitrogen and oxygen atoms in total. The molecule has 2 heterocycles. The first-order chi connectivity index (χ1) is 7.42. The van der Waals surface area contributed by atoms with E-state index in [-0.39, 0.29) is 11.1 Å². The van der Waals surface area contributed by atoms with Gasteiger partial charge >= 0.3 is 0 Å². The van der Waals surface area contributed by atoms with Crippen LogP contribution in [0.15, 0.2) is 12.7 Å². The van der Waals surface area contributed by atoms with Crippen LogP contribution in [0.1, 0.15) is 40.5 Å². The van der Waals surface area contributed by atoms with E-state index in [9.17, 15) is 0 Å². The van der Waals surface area contributed by atoms with Gasteiger partial charge in [-0.3, -0.25) is 4.90 Å². The van der Waals surface area contributed by atoms with Gasteiger partial charge in [-0.1, -0.05) is 0 Å². The Balaban J connectivity index is 2.05. The first-order valence-corrected chi connectivity index (χ1v) is 6.02. The van der Waals surface area contributed by atoms with Crippen LogP contribution in [0.5, 0.6) is 0 Å². The lowest BCUT2D eigenvalue weighted by molar-refractivity contribution is 0.0554. The fourth-order valence-electron chi connectivity index (χ4n) is 2.40. The molecule has 1 aliphatic heterocycles. The Hall–Kier alpha value is -0.900. The van der Waals surface area contributed by atoms with Gasteiger partial charge < -0.3 is 4.57 Å². The molecule has 1 aliphatic rings. The minimum absolute atomic E-state index is 0.200. The van der Waals surface area contributed by atoms with Gasteiger partial charge in [-0.2, -0.15) is 0 Å². The van der Waals surface area contributed by atoms with Crippen LogP contribution >= 0.6 is 0 Å². The minimum atomic E-state index is 0.200. The van der Waals surface area contributed by atoms with Gasteiger partial charge in [0.2, 0.25) is 0 Å². The van der Waals surface area contributed by atoms with Crippen molar-refractivity contribution < 1.29 is 0 Å². The summed E-state index contributed by atoms with van der Waals surface area (Å²) in [5.41, 5.74) is 0.486. The molecule has 1 aromatic heterocycles. The molecular weight excluding hydrogens is 200 g/mol. The molecule has 0 radical (unpaired) electrons. The number of hydrogen-bond donors (Lipinski definition) is 0. The van der Waals surface area contributed by atoms with Crippen molar-refractivity contribution in [2.24, 2.45) is 0 Å². The Morgan fingerprint density at radius 3 is 2.00 bits per heavy atom. The van der Waals surface area contributed by atoms with Crippen molar-refractivity contribution in [3.63, 3.8) is 0 Å². The highest BCUT2D eigenvalue weighted by Crippen LogP contribution is 2.31.